The molecule has 2 aromatic rings. The Bertz CT molecular complexity index is 471. The predicted octanol–water partition coefficient (Wildman–Crippen LogP) is 2.88. The van der Waals surface area contributed by atoms with Gasteiger partial charge in [0.15, 0.2) is 0 Å². The van der Waals surface area contributed by atoms with Crippen molar-refractivity contribution in [3.05, 3.63) is 45.5 Å². The summed E-state index contributed by atoms with van der Waals surface area (Å²) in [7, 11) is 0. The smallest absolute Gasteiger partial charge is 0.129 e. The van der Waals surface area contributed by atoms with Crippen LogP contribution in [0.25, 0.3) is 0 Å². The molecule has 1 aliphatic heterocycles. The van der Waals surface area contributed by atoms with E-state index in [4.69, 9.17) is 4.42 Å². The van der Waals surface area contributed by atoms with E-state index in [1.165, 1.54) is 15.3 Å². The molecular formula is C12H13NOS. The maximum atomic E-state index is 5.58. The van der Waals surface area contributed by atoms with Crippen LogP contribution in [0.15, 0.2) is 28.9 Å². The Hall–Kier alpha value is -1.06. The van der Waals surface area contributed by atoms with Crippen LogP contribution < -0.4 is 5.32 Å². The topological polar surface area (TPSA) is 25.2 Å². The summed E-state index contributed by atoms with van der Waals surface area (Å²) in [6.45, 7) is 3.17. The molecule has 1 unspecified atom stereocenters. The van der Waals surface area contributed by atoms with Gasteiger partial charge in [-0.15, -0.1) is 11.3 Å². The summed E-state index contributed by atoms with van der Waals surface area (Å²) in [6, 6.07) is 6.71. The summed E-state index contributed by atoms with van der Waals surface area (Å²) >= 11 is 1.84. The maximum Gasteiger partial charge on any atom is 0.129 e. The third-order valence-electron chi connectivity index (χ3n) is 2.83. The minimum atomic E-state index is 0.266. The maximum absolute atomic E-state index is 5.58. The number of rotatable bonds is 1. The molecule has 0 saturated heterocycles. The van der Waals surface area contributed by atoms with Crippen LogP contribution in [0.5, 0.6) is 0 Å². The standard InChI is InChI=1S/C12H13NOS/c1-8-2-3-10(15-8)11-12-9(4-6-13-11)5-7-14-12/h2-3,5,7,11,13H,4,6H2,1H3. The first kappa shape index (κ1) is 9.19. The molecule has 0 bridgehead atoms. The molecule has 0 aliphatic carbocycles. The van der Waals surface area contributed by atoms with Crippen molar-refractivity contribution in [2.45, 2.75) is 19.4 Å². The van der Waals surface area contributed by atoms with Gasteiger partial charge in [-0.3, -0.25) is 0 Å². The van der Waals surface area contributed by atoms with Gasteiger partial charge in [-0.2, -0.15) is 0 Å². The van der Waals surface area contributed by atoms with Crippen molar-refractivity contribution in [3.8, 4) is 0 Å². The fourth-order valence-electron chi connectivity index (χ4n) is 2.09. The third kappa shape index (κ3) is 1.52. The van der Waals surface area contributed by atoms with E-state index >= 15 is 0 Å². The van der Waals surface area contributed by atoms with Crippen LogP contribution >= 0.6 is 11.3 Å². The van der Waals surface area contributed by atoms with Gasteiger partial charge in [0.25, 0.3) is 0 Å². The fraction of sp³-hybridized carbons (Fsp3) is 0.333. The summed E-state index contributed by atoms with van der Waals surface area (Å²) in [5.74, 6) is 1.10. The molecule has 15 heavy (non-hydrogen) atoms. The molecular weight excluding hydrogens is 206 g/mol. The van der Waals surface area contributed by atoms with E-state index in [9.17, 15) is 0 Å². The highest BCUT2D eigenvalue weighted by Crippen LogP contribution is 2.32. The summed E-state index contributed by atoms with van der Waals surface area (Å²) < 4.78 is 5.58. The Morgan fingerprint density at radius 3 is 3.13 bits per heavy atom. The normalized spacial score (nSPS) is 20.2. The molecule has 1 aliphatic rings. The highest BCUT2D eigenvalue weighted by Gasteiger charge is 2.25. The zero-order chi connectivity index (χ0) is 10.3. The number of hydrogen-bond donors (Lipinski definition) is 1. The lowest BCUT2D eigenvalue weighted by Gasteiger charge is -2.21. The molecule has 0 spiro atoms. The Labute approximate surface area is 92.9 Å². The van der Waals surface area contributed by atoms with Gasteiger partial charge in [-0.05, 0) is 37.1 Å². The second kappa shape index (κ2) is 3.51. The van der Waals surface area contributed by atoms with E-state index in [1.54, 1.807) is 6.26 Å². The van der Waals surface area contributed by atoms with Gasteiger partial charge >= 0.3 is 0 Å². The number of nitrogens with one attached hydrogen (secondary N) is 1. The molecule has 0 saturated carbocycles. The van der Waals surface area contributed by atoms with Crippen molar-refractivity contribution in [2.24, 2.45) is 0 Å². The van der Waals surface area contributed by atoms with Gasteiger partial charge in [-0.1, -0.05) is 0 Å². The highest BCUT2D eigenvalue weighted by molar-refractivity contribution is 7.12. The number of thiophene rings is 1. The number of hydrogen-bond acceptors (Lipinski definition) is 3. The Morgan fingerprint density at radius 2 is 2.33 bits per heavy atom. The molecule has 3 rings (SSSR count). The highest BCUT2D eigenvalue weighted by atomic mass is 32.1. The fourth-order valence-corrected chi connectivity index (χ4v) is 3.04. The van der Waals surface area contributed by atoms with Crippen LogP contribution in [-0.2, 0) is 6.42 Å². The average Bonchev–Trinajstić information content (AvgIpc) is 2.84. The quantitative estimate of drug-likeness (QED) is 0.797. The largest absolute Gasteiger partial charge is 0.467 e. The van der Waals surface area contributed by atoms with Gasteiger partial charge in [0.1, 0.15) is 11.8 Å². The van der Waals surface area contributed by atoms with Crippen LogP contribution in [0.4, 0.5) is 0 Å². The second-order valence-corrected chi connectivity index (χ2v) is 5.22. The van der Waals surface area contributed by atoms with Gasteiger partial charge in [0.2, 0.25) is 0 Å². The van der Waals surface area contributed by atoms with Crippen molar-refractivity contribution >= 4 is 11.3 Å². The molecule has 0 fully saturated rings. The molecule has 0 amide bonds. The van der Waals surface area contributed by atoms with Crippen molar-refractivity contribution in [1.29, 1.82) is 0 Å². The zero-order valence-electron chi connectivity index (χ0n) is 8.62. The molecule has 2 nitrogen and oxygen atoms in total. The third-order valence-corrected chi connectivity index (χ3v) is 3.90. The van der Waals surface area contributed by atoms with E-state index < -0.39 is 0 Å². The summed E-state index contributed by atoms with van der Waals surface area (Å²) in [4.78, 5) is 2.70. The Morgan fingerprint density at radius 1 is 1.40 bits per heavy atom. The lowest BCUT2D eigenvalue weighted by atomic mass is 10.0. The first-order chi connectivity index (χ1) is 7.34. The van der Waals surface area contributed by atoms with E-state index in [1.807, 2.05) is 11.3 Å². The summed E-state index contributed by atoms with van der Waals surface area (Å²) in [5.41, 5.74) is 1.35. The van der Waals surface area contributed by atoms with Gasteiger partial charge < -0.3 is 9.73 Å². The van der Waals surface area contributed by atoms with E-state index in [0.29, 0.717) is 0 Å². The Balaban J connectivity index is 2.02. The average molecular weight is 219 g/mol. The molecule has 1 N–H and O–H groups in total. The van der Waals surface area contributed by atoms with Crippen molar-refractivity contribution < 1.29 is 4.42 Å². The van der Waals surface area contributed by atoms with Gasteiger partial charge in [-0.25, -0.2) is 0 Å². The Kier molecular flexibility index (Phi) is 2.15. The molecule has 3 heterocycles. The van der Waals surface area contributed by atoms with Crippen LogP contribution in [0.2, 0.25) is 0 Å². The lowest BCUT2D eigenvalue weighted by Crippen LogP contribution is -2.28. The van der Waals surface area contributed by atoms with E-state index in [0.717, 1.165) is 18.7 Å². The van der Waals surface area contributed by atoms with Crippen LogP contribution in [-0.4, -0.2) is 6.54 Å². The van der Waals surface area contributed by atoms with Crippen molar-refractivity contribution in [1.82, 2.24) is 5.32 Å². The zero-order valence-corrected chi connectivity index (χ0v) is 9.43. The van der Waals surface area contributed by atoms with Crippen LogP contribution in [0.3, 0.4) is 0 Å². The second-order valence-electron chi connectivity index (χ2n) is 3.90. The van der Waals surface area contributed by atoms with Crippen LogP contribution in [0.1, 0.15) is 27.1 Å². The van der Waals surface area contributed by atoms with Crippen LogP contribution in [0, 0.1) is 6.92 Å². The minimum absolute atomic E-state index is 0.266. The minimum Gasteiger partial charge on any atom is -0.467 e. The number of furan rings is 1. The van der Waals surface area contributed by atoms with Crippen molar-refractivity contribution in [3.63, 3.8) is 0 Å². The molecule has 78 valence electrons. The van der Waals surface area contributed by atoms with Gasteiger partial charge in [0.05, 0.1) is 6.26 Å². The number of fused-ring (bicyclic) bond motifs is 1. The monoisotopic (exact) mass is 219 g/mol. The first-order valence-electron chi connectivity index (χ1n) is 5.20. The molecule has 0 aromatic carbocycles. The SMILES string of the molecule is Cc1ccc(C2NCCc3ccoc32)s1. The molecule has 2 aromatic heterocycles. The van der Waals surface area contributed by atoms with E-state index in [-0.39, 0.29) is 6.04 Å². The predicted molar refractivity (Wildman–Crippen MR) is 61.3 cm³/mol. The van der Waals surface area contributed by atoms with E-state index in [2.05, 4.69) is 30.4 Å². The summed E-state index contributed by atoms with van der Waals surface area (Å²) in [6.07, 6.45) is 2.87. The van der Waals surface area contributed by atoms with Crippen molar-refractivity contribution in [2.75, 3.05) is 6.54 Å². The molecule has 1 atom stereocenters. The molecule has 3 heteroatoms. The first-order valence-corrected chi connectivity index (χ1v) is 6.02. The lowest BCUT2D eigenvalue weighted by molar-refractivity contribution is 0.428. The number of aryl methyl sites for hydroxylation is 1. The van der Waals surface area contributed by atoms with Gasteiger partial charge in [0, 0.05) is 16.3 Å². The molecule has 0 radical (unpaired) electrons. The summed E-state index contributed by atoms with van der Waals surface area (Å²) in [5, 5.41) is 3.51.